The molecular formula is C13H25N3O4. The van der Waals surface area contributed by atoms with Crippen molar-refractivity contribution in [2.45, 2.75) is 45.4 Å². The van der Waals surface area contributed by atoms with Gasteiger partial charge in [-0.1, -0.05) is 39.0 Å². The third-order valence-corrected chi connectivity index (χ3v) is 2.66. The quantitative estimate of drug-likeness (QED) is 0.422. The van der Waals surface area contributed by atoms with Crippen LogP contribution in [0.1, 0.15) is 45.4 Å². The highest BCUT2D eigenvalue weighted by Crippen LogP contribution is 2.03. The normalized spacial score (nSPS) is 9.85. The fourth-order valence-corrected chi connectivity index (χ4v) is 1.57. The predicted molar refractivity (Wildman–Crippen MR) is 75.4 cm³/mol. The summed E-state index contributed by atoms with van der Waals surface area (Å²) in [6, 6.07) is -0.413. The molecule has 0 radical (unpaired) electrons. The van der Waals surface area contributed by atoms with Gasteiger partial charge in [0.25, 0.3) is 0 Å². The van der Waals surface area contributed by atoms with Crippen LogP contribution >= 0.6 is 0 Å². The number of amides is 3. The van der Waals surface area contributed by atoms with E-state index in [-0.39, 0.29) is 6.54 Å². The van der Waals surface area contributed by atoms with Gasteiger partial charge in [0.15, 0.2) is 0 Å². The smallest absolute Gasteiger partial charge is 0.322 e. The Bertz CT molecular complexity index is 308. The second-order valence-corrected chi connectivity index (χ2v) is 4.55. The lowest BCUT2D eigenvalue weighted by atomic mass is 10.1. The Morgan fingerprint density at radius 3 is 2.15 bits per heavy atom. The lowest BCUT2D eigenvalue weighted by molar-refractivity contribution is -0.137. The van der Waals surface area contributed by atoms with Gasteiger partial charge in [-0.15, -0.1) is 0 Å². The number of rotatable bonds is 11. The van der Waals surface area contributed by atoms with Crippen LogP contribution < -0.4 is 16.0 Å². The molecule has 0 saturated carbocycles. The molecule has 0 bridgehead atoms. The van der Waals surface area contributed by atoms with Crippen molar-refractivity contribution < 1.29 is 19.5 Å². The largest absolute Gasteiger partial charge is 0.480 e. The summed E-state index contributed by atoms with van der Waals surface area (Å²) in [6.45, 7) is 2.07. The topological polar surface area (TPSA) is 108 Å². The monoisotopic (exact) mass is 287 g/mol. The number of carboxylic acids is 1. The van der Waals surface area contributed by atoms with E-state index in [2.05, 4.69) is 22.9 Å². The Morgan fingerprint density at radius 1 is 0.850 bits per heavy atom. The molecule has 116 valence electrons. The molecule has 7 heteroatoms. The molecule has 0 spiro atoms. The first-order valence-corrected chi connectivity index (χ1v) is 7.06. The van der Waals surface area contributed by atoms with E-state index in [9.17, 15) is 14.4 Å². The van der Waals surface area contributed by atoms with Gasteiger partial charge in [0.1, 0.15) is 6.54 Å². The zero-order chi connectivity index (χ0) is 15.2. The van der Waals surface area contributed by atoms with E-state index in [1.54, 1.807) is 0 Å². The van der Waals surface area contributed by atoms with Gasteiger partial charge in [-0.3, -0.25) is 9.59 Å². The number of hydrogen-bond acceptors (Lipinski definition) is 3. The highest BCUT2D eigenvalue weighted by molar-refractivity contribution is 5.86. The van der Waals surface area contributed by atoms with Crippen molar-refractivity contribution in [3.05, 3.63) is 0 Å². The molecule has 0 unspecified atom stereocenters. The zero-order valence-electron chi connectivity index (χ0n) is 12.0. The number of carbonyl (C=O) groups is 3. The van der Waals surface area contributed by atoms with E-state index in [0.29, 0.717) is 6.54 Å². The van der Waals surface area contributed by atoms with Crippen LogP contribution in [0.3, 0.4) is 0 Å². The van der Waals surface area contributed by atoms with Gasteiger partial charge in [-0.05, 0) is 6.42 Å². The Kier molecular flexibility index (Phi) is 11.2. The molecule has 0 heterocycles. The van der Waals surface area contributed by atoms with Crippen molar-refractivity contribution in [1.82, 2.24) is 16.0 Å². The second-order valence-electron chi connectivity index (χ2n) is 4.55. The van der Waals surface area contributed by atoms with Crippen LogP contribution in [0.4, 0.5) is 4.79 Å². The molecule has 7 nitrogen and oxygen atoms in total. The molecule has 0 rings (SSSR count). The van der Waals surface area contributed by atoms with Gasteiger partial charge in [-0.25, -0.2) is 4.79 Å². The van der Waals surface area contributed by atoms with E-state index in [4.69, 9.17) is 5.11 Å². The van der Waals surface area contributed by atoms with E-state index in [1.165, 1.54) is 25.7 Å². The maximum atomic E-state index is 11.3. The van der Waals surface area contributed by atoms with Gasteiger partial charge in [0.2, 0.25) is 5.91 Å². The van der Waals surface area contributed by atoms with Crippen molar-refractivity contribution in [3.8, 4) is 0 Å². The number of carbonyl (C=O) groups excluding carboxylic acids is 2. The van der Waals surface area contributed by atoms with Crippen LogP contribution in [0, 0.1) is 0 Å². The average molecular weight is 287 g/mol. The highest BCUT2D eigenvalue weighted by Gasteiger charge is 2.05. The van der Waals surface area contributed by atoms with Crippen molar-refractivity contribution in [3.63, 3.8) is 0 Å². The number of aliphatic carboxylic acids is 1. The molecule has 4 N–H and O–H groups in total. The summed E-state index contributed by atoms with van der Waals surface area (Å²) >= 11 is 0. The molecule has 0 aromatic heterocycles. The van der Waals surface area contributed by atoms with Crippen molar-refractivity contribution in [1.29, 1.82) is 0 Å². The highest BCUT2D eigenvalue weighted by atomic mass is 16.4. The molecule has 0 saturated heterocycles. The van der Waals surface area contributed by atoms with E-state index in [0.717, 1.165) is 12.8 Å². The second kappa shape index (κ2) is 12.3. The summed E-state index contributed by atoms with van der Waals surface area (Å²) in [4.78, 5) is 32.6. The fraction of sp³-hybridized carbons (Fsp3) is 0.769. The Morgan fingerprint density at radius 2 is 1.50 bits per heavy atom. The SMILES string of the molecule is CCCCCCCCNC(=O)NCC(=O)NCC(=O)O. The Hall–Kier alpha value is -1.79. The Labute approximate surface area is 119 Å². The first kappa shape index (κ1) is 18.2. The van der Waals surface area contributed by atoms with Crippen molar-refractivity contribution in [2.24, 2.45) is 0 Å². The van der Waals surface area contributed by atoms with Crippen LogP contribution in [0.25, 0.3) is 0 Å². The van der Waals surface area contributed by atoms with Crippen LogP contribution in [0.15, 0.2) is 0 Å². The third kappa shape index (κ3) is 12.7. The minimum absolute atomic E-state index is 0.227. The third-order valence-electron chi connectivity index (χ3n) is 2.66. The van der Waals surface area contributed by atoms with Crippen LogP contribution in [0.2, 0.25) is 0 Å². The number of urea groups is 1. The zero-order valence-corrected chi connectivity index (χ0v) is 12.0. The molecule has 0 fully saturated rings. The van der Waals surface area contributed by atoms with E-state index in [1.807, 2.05) is 0 Å². The molecule has 0 atom stereocenters. The molecule has 0 aromatic rings. The minimum atomic E-state index is -1.12. The first-order valence-electron chi connectivity index (χ1n) is 7.06. The fourth-order valence-electron chi connectivity index (χ4n) is 1.57. The van der Waals surface area contributed by atoms with Crippen LogP contribution in [-0.4, -0.2) is 42.6 Å². The number of unbranched alkanes of at least 4 members (excludes halogenated alkanes) is 5. The number of hydrogen-bond donors (Lipinski definition) is 4. The minimum Gasteiger partial charge on any atom is -0.480 e. The standard InChI is InChI=1S/C13H25N3O4/c1-2-3-4-5-6-7-8-14-13(20)16-9-11(17)15-10-12(18)19/h2-10H2,1H3,(H,15,17)(H,18,19)(H2,14,16,20). The van der Waals surface area contributed by atoms with Gasteiger partial charge in [-0.2, -0.15) is 0 Å². The molecule has 0 aliphatic carbocycles. The van der Waals surface area contributed by atoms with Gasteiger partial charge in [0, 0.05) is 6.54 Å². The number of nitrogens with one attached hydrogen (secondary N) is 3. The summed E-state index contributed by atoms with van der Waals surface area (Å²) in [5.74, 6) is -1.65. The summed E-state index contributed by atoms with van der Waals surface area (Å²) < 4.78 is 0. The molecular weight excluding hydrogens is 262 g/mol. The molecule has 0 aliphatic rings. The van der Waals surface area contributed by atoms with Crippen molar-refractivity contribution in [2.75, 3.05) is 19.6 Å². The molecule has 20 heavy (non-hydrogen) atoms. The van der Waals surface area contributed by atoms with Crippen LogP contribution in [0.5, 0.6) is 0 Å². The summed E-state index contributed by atoms with van der Waals surface area (Å²) in [7, 11) is 0. The van der Waals surface area contributed by atoms with E-state index < -0.39 is 24.5 Å². The first-order chi connectivity index (χ1) is 9.56. The van der Waals surface area contributed by atoms with Crippen molar-refractivity contribution >= 4 is 17.9 Å². The van der Waals surface area contributed by atoms with Gasteiger partial charge >= 0.3 is 12.0 Å². The lowest BCUT2D eigenvalue weighted by Crippen LogP contribution is -2.43. The average Bonchev–Trinajstić information content (AvgIpc) is 2.41. The summed E-state index contributed by atoms with van der Waals surface area (Å²) in [6.07, 6.45) is 6.87. The van der Waals surface area contributed by atoms with E-state index >= 15 is 0 Å². The van der Waals surface area contributed by atoms with Gasteiger partial charge < -0.3 is 21.1 Å². The summed E-state index contributed by atoms with van der Waals surface area (Å²) in [5, 5.41) is 15.5. The molecule has 0 aliphatic heterocycles. The van der Waals surface area contributed by atoms with Crippen LogP contribution in [-0.2, 0) is 9.59 Å². The maximum Gasteiger partial charge on any atom is 0.322 e. The number of carboxylic acid groups (broad SMARTS) is 1. The predicted octanol–water partition coefficient (Wildman–Crippen LogP) is 0.847. The summed E-state index contributed by atoms with van der Waals surface area (Å²) in [5.41, 5.74) is 0. The van der Waals surface area contributed by atoms with Gasteiger partial charge in [0.05, 0.1) is 6.54 Å². The lowest BCUT2D eigenvalue weighted by Gasteiger charge is -2.07. The molecule has 3 amide bonds. The maximum absolute atomic E-state index is 11.3. The Balaban J connectivity index is 3.40. The molecule has 0 aromatic carbocycles.